The second-order valence-corrected chi connectivity index (χ2v) is 4.50. The Morgan fingerprint density at radius 3 is 2.82 bits per heavy atom. The van der Waals surface area contributed by atoms with Crippen LogP contribution in [0, 0.1) is 6.92 Å². The molecular weight excluding hydrogens is 240 g/mol. The fraction of sp³-hybridized carbons (Fsp3) is 0.455. The van der Waals surface area contributed by atoms with Crippen molar-refractivity contribution in [2.24, 2.45) is 0 Å². The van der Waals surface area contributed by atoms with Crippen LogP contribution in [-0.2, 0) is 4.74 Å². The number of pyridine rings is 1. The summed E-state index contributed by atoms with van der Waals surface area (Å²) in [6.45, 7) is 5.07. The molecule has 0 saturated carbocycles. The summed E-state index contributed by atoms with van der Waals surface area (Å²) in [7, 11) is 0. The van der Waals surface area contributed by atoms with Crippen molar-refractivity contribution in [3.8, 4) is 0 Å². The van der Waals surface area contributed by atoms with Crippen LogP contribution in [0.1, 0.15) is 5.82 Å². The molecule has 0 bridgehead atoms. The second kappa shape index (κ2) is 4.16. The molecule has 17 heavy (non-hydrogen) atoms. The van der Waals surface area contributed by atoms with Gasteiger partial charge in [-0.15, -0.1) is 5.10 Å². The van der Waals surface area contributed by atoms with Gasteiger partial charge in [-0.25, -0.2) is 4.98 Å². The predicted molar refractivity (Wildman–Crippen MR) is 65.8 cm³/mol. The molecule has 1 fully saturated rings. The summed E-state index contributed by atoms with van der Waals surface area (Å²) in [6.07, 6.45) is 0. The Balaban J connectivity index is 2.12. The van der Waals surface area contributed by atoms with E-state index in [1.54, 1.807) is 0 Å². The van der Waals surface area contributed by atoms with Crippen molar-refractivity contribution in [3.05, 3.63) is 23.0 Å². The maximum absolute atomic E-state index is 6.11. The molecule has 2 aromatic heterocycles. The van der Waals surface area contributed by atoms with Gasteiger partial charge in [0.05, 0.1) is 13.2 Å². The number of hydrogen-bond acceptors (Lipinski definition) is 4. The molecule has 0 aromatic carbocycles. The molecule has 2 aromatic rings. The molecule has 0 aliphatic carbocycles. The number of morpholine rings is 1. The van der Waals surface area contributed by atoms with Gasteiger partial charge in [0, 0.05) is 24.2 Å². The minimum absolute atomic E-state index is 0.686. The van der Waals surface area contributed by atoms with Gasteiger partial charge in [-0.3, -0.25) is 0 Å². The zero-order valence-corrected chi connectivity index (χ0v) is 10.3. The Morgan fingerprint density at radius 2 is 2.06 bits per heavy atom. The van der Waals surface area contributed by atoms with Gasteiger partial charge in [-0.2, -0.15) is 4.52 Å². The molecule has 90 valence electrons. The average Bonchev–Trinajstić information content (AvgIpc) is 2.69. The van der Waals surface area contributed by atoms with E-state index in [-0.39, 0.29) is 0 Å². The van der Waals surface area contributed by atoms with Gasteiger partial charge in [0.1, 0.15) is 11.6 Å². The van der Waals surface area contributed by atoms with Crippen molar-refractivity contribution >= 4 is 23.1 Å². The number of hydrogen-bond donors (Lipinski definition) is 0. The van der Waals surface area contributed by atoms with E-state index in [2.05, 4.69) is 15.0 Å². The molecule has 0 atom stereocenters. The third-order valence-electron chi connectivity index (χ3n) is 2.82. The minimum atomic E-state index is 0.686. The number of rotatable bonds is 1. The lowest BCUT2D eigenvalue weighted by atomic mass is 10.3. The molecule has 1 aliphatic rings. The van der Waals surface area contributed by atoms with Crippen LogP contribution in [0.5, 0.6) is 0 Å². The van der Waals surface area contributed by atoms with Gasteiger partial charge in [-0.1, -0.05) is 11.6 Å². The summed E-state index contributed by atoms with van der Waals surface area (Å²) in [5, 5.41) is 5.08. The highest BCUT2D eigenvalue weighted by Crippen LogP contribution is 2.22. The Kier molecular flexibility index (Phi) is 2.64. The van der Waals surface area contributed by atoms with Crippen LogP contribution >= 0.6 is 11.6 Å². The molecule has 0 N–H and O–H groups in total. The molecule has 0 unspecified atom stereocenters. The Bertz CT molecular complexity index is 548. The molecule has 1 aliphatic heterocycles. The highest BCUT2D eigenvalue weighted by molar-refractivity contribution is 6.31. The highest BCUT2D eigenvalue weighted by Gasteiger charge is 2.16. The van der Waals surface area contributed by atoms with Crippen molar-refractivity contribution in [1.82, 2.24) is 14.6 Å². The molecule has 3 heterocycles. The van der Waals surface area contributed by atoms with Crippen molar-refractivity contribution in [2.75, 3.05) is 31.2 Å². The lowest BCUT2D eigenvalue weighted by Gasteiger charge is -2.28. The van der Waals surface area contributed by atoms with E-state index in [1.165, 1.54) is 0 Å². The van der Waals surface area contributed by atoms with Crippen molar-refractivity contribution in [3.63, 3.8) is 0 Å². The normalized spacial score (nSPS) is 16.7. The number of nitrogens with zero attached hydrogens (tertiary/aromatic N) is 4. The Morgan fingerprint density at radius 1 is 1.29 bits per heavy atom. The third kappa shape index (κ3) is 1.96. The van der Waals surface area contributed by atoms with Crippen molar-refractivity contribution in [1.29, 1.82) is 0 Å². The van der Waals surface area contributed by atoms with E-state index in [1.807, 2.05) is 23.6 Å². The minimum Gasteiger partial charge on any atom is -0.378 e. The quantitative estimate of drug-likeness (QED) is 0.772. The van der Waals surface area contributed by atoms with Crippen LogP contribution < -0.4 is 4.90 Å². The van der Waals surface area contributed by atoms with Gasteiger partial charge in [0.25, 0.3) is 0 Å². The molecule has 0 radical (unpaired) electrons. The maximum atomic E-state index is 6.11. The van der Waals surface area contributed by atoms with Gasteiger partial charge in [-0.05, 0) is 13.0 Å². The summed E-state index contributed by atoms with van der Waals surface area (Å²) in [6, 6.07) is 3.75. The number of anilines is 1. The van der Waals surface area contributed by atoms with Crippen molar-refractivity contribution < 1.29 is 4.74 Å². The summed E-state index contributed by atoms with van der Waals surface area (Å²) in [5.74, 6) is 1.73. The second-order valence-electron chi connectivity index (χ2n) is 4.06. The summed E-state index contributed by atoms with van der Waals surface area (Å²) >= 11 is 6.11. The van der Waals surface area contributed by atoms with E-state index in [0.29, 0.717) is 5.02 Å². The van der Waals surface area contributed by atoms with Crippen LogP contribution in [0.15, 0.2) is 12.1 Å². The van der Waals surface area contributed by atoms with E-state index >= 15 is 0 Å². The molecule has 0 amide bonds. The zero-order valence-electron chi connectivity index (χ0n) is 9.56. The van der Waals surface area contributed by atoms with Gasteiger partial charge < -0.3 is 9.64 Å². The van der Waals surface area contributed by atoms with Gasteiger partial charge in [0.15, 0.2) is 5.65 Å². The van der Waals surface area contributed by atoms with Crippen LogP contribution in [0.2, 0.25) is 5.02 Å². The van der Waals surface area contributed by atoms with Gasteiger partial charge >= 0.3 is 0 Å². The molecule has 1 saturated heterocycles. The monoisotopic (exact) mass is 252 g/mol. The standard InChI is InChI=1S/C11H13ClN4O/c1-8-13-10-6-9(12)7-11(16(10)14-8)15-2-4-17-5-3-15/h6-7H,2-5H2,1H3. The topological polar surface area (TPSA) is 42.7 Å². The Labute approximate surface area is 104 Å². The summed E-state index contributed by atoms with van der Waals surface area (Å²) in [4.78, 5) is 6.56. The number of aryl methyl sites for hydroxylation is 1. The van der Waals surface area contributed by atoms with E-state index < -0.39 is 0 Å². The zero-order chi connectivity index (χ0) is 11.8. The molecule has 3 rings (SSSR count). The highest BCUT2D eigenvalue weighted by atomic mass is 35.5. The summed E-state index contributed by atoms with van der Waals surface area (Å²) < 4.78 is 7.19. The lowest BCUT2D eigenvalue weighted by Crippen LogP contribution is -2.37. The molecule has 5 nitrogen and oxygen atoms in total. The fourth-order valence-electron chi connectivity index (χ4n) is 2.06. The smallest absolute Gasteiger partial charge is 0.159 e. The van der Waals surface area contributed by atoms with Crippen molar-refractivity contribution in [2.45, 2.75) is 6.92 Å². The first-order valence-electron chi connectivity index (χ1n) is 5.60. The first-order valence-corrected chi connectivity index (χ1v) is 5.97. The first kappa shape index (κ1) is 10.8. The van der Waals surface area contributed by atoms with Crippen LogP contribution in [0.4, 0.5) is 5.82 Å². The molecular formula is C11H13ClN4O. The van der Waals surface area contributed by atoms with Crippen LogP contribution in [0.3, 0.4) is 0 Å². The lowest BCUT2D eigenvalue weighted by molar-refractivity contribution is 0.122. The SMILES string of the molecule is Cc1nc2cc(Cl)cc(N3CCOCC3)n2n1. The number of aromatic nitrogens is 3. The van der Waals surface area contributed by atoms with Gasteiger partial charge in [0.2, 0.25) is 0 Å². The third-order valence-corrected chi connectivity index (χ3v) is 3.04. The van der Waals surface area contributed by atoms with Crippen LogP contribution in [-0.4, -0.2) is 40.9 Å². The van der Waals surface area contributed by atoms with E-state index in [0.717, 1.165) is 43.6 Å². The maximum Gasteiger partial charge on any atom is 0.159 e. The van der Waals surface area contributed by atoms with E-state index in [9.17, 15) is 0 Å². The largest absolute Gasteiger partial charge is 0.378 e. The number of fused-ring (bicyclic) bond motifs is 1. The van der Waals surface area contributed by atoms with E-state index in [4.69, 9.17) is 16.3 Å². The number of halogens is 1. The fourth-order valence-corrected chi connectivity index (χ4v) is 2.26. The average molecular weight is 253 g/mol. The number of ether oxygens (including phenoxy) is 1. The Hall–Kier alpha value is -1.33. The first-order chi connectivity index (χ1) is 8.24. The summed E-state index contributed by atoms with van der Waals surface area (Å²) in [5.41, 5.74) is 0.788. The predicted octanol–water partition coefficient (Wildman–Crippen LogP) is 1.53. The van der Waals surface area contributed by atoms with Crippen LogP contribution in [0.25, 0.3) is 5.65 Å². The molecule has 0 spiro atoms. The molecule has 6 heteroatoms.